The van der Waals surface area contributed by atoms with Crippen molar-refractivity contribution >= 4 is 23.5 Å². The number of rotatable bonds is 6. The average molecular weight is 378 g/mol. The Labute approximate surface area is 165 Å². The number of hydrazone groups is 1. The molecule has 0 radical (unpaired) electrons. The fourth-order valence-corrected chi connectivity index (χ4v) is 2.91. The second kappa shape index (κ2) is 9.09. The van der Waals surface area contributed by atoms with Crippen LogP contribution in [0.3, 0.4) is 0 Å². The van der Waals surface area contributed by atoms with Crippen molar-refractivity contribution in [2.75, 3.05) is 0 Å². The first kappa shape index (κ1) is 18.8. The van der Waals surface area contributed by atoms with Crippen molar-refractivity contribution in [3.63, 3.8) is 0 Å². The van der Waals surface area contributed by atoms with E-state index in [0.717, 1.165) is 23.5 Å². The molecule has 0 spiro atoms. The van der Waals surface area contributed by atoms with Crippen molar-refractivity contribution in [2.45, 2.75) is 26.9 Å². The van der Waals surface area contributed by atoms with Gasteiger partial charge in [-0.25, -0.2) is 0 Å². The van der Waals surface area contributed by atoms with Gasteiger partial charge in [-0.3, -0.25) is 10.1 Å². The van der Waals surface area contributed by atoms with Crippen molar-refractivity contribution < 1.29 is 0 Å². The highest BCUT2D eigenvalue weighted by Crippen LogP contribution is 2.12. The molecule has 1 aromatic heterocycles. The van der Waals surface area contributed by atoms with E-state index in [1.807, 2.05) is 60.1 Å². The molecule has 0 aliphatic carbocycles. The van der Waals surface area contributed by atoms with Crippen LogP contribution in [0.25, 0.3) is 0 Å². The number of hydrogen-bond donors (Lipinski definition) is 2. The molecule has 6 heteroatoms. The summed E-state index contributed by atoms with van der Waals surface area (Å²) in [5.74, 6) is 0. The minimum absolute atomic E-state index is 0.488. The van der Waals surface area contributed by atoms with Crippen LogP contribution >= 0.6 is 12.2 Å². The summed E-state index contributed by atoms with van der Waals surface area (Å²) >= 11 is 5.27. The fraction of sp³-hybridized carbons (Fsp3) is 0.190. The molecule has 0 atom stereocenters. The second-order valence-corrected chi connectivity index (χ2v) is 6.67. The van der Waals surface area contributed by atoms with Crippen molar-refractivity contribution in [3.05, 3.63) is 88.7 Å². The van der Waals surface area contributed by atoms with E-state index in [4.69, 9.17) is 12.2 Å². The van der Waals surface area contributed by atoms with Gasteiger partial charge in [-0.2, -0.15) is 10.2 Å². The third kappa shape index (κ3) is 5.24. The van der Waals surface area contributed by atoms with Gasteiger partial charge < -0.3 is 5.32 Å². The Morgan fingerprint density at radius 2 is 1.67 bits per heavy atom. The summed E-state index contributed by atoms with van der Waals surface area (Å²) < 4.78 is 2.00. The smallest absolute Gasteiger partial charge is 0.187 e. The standard InChI is InChI=1S/C21H23N5S/c1-16-20(17(2)26(25-16)15-19-11-7-4-8-12-19)14-23-24-21(27)22-13-18-9-5-3-6-10-18/h3-12,14H,13,15H2,1-2H3,(H2,22,24,27)/b23-14-. The van der Waals surface area contributed by atoms with E-state index in [2.05, 4.69) is 40.0 Å². The summed E-state index contributed by atoms with van der Waals surface area (Å²) in [6, 6.07) is 20.4. The van der Waals surface area contributed by atoms with Crippen LogP contribution in [-0.2, 0) is 13.1 Å². The zero-order valence-electron chi connectivity index (χ0n) is 15.5. The fourth-order valence-electron chi connectivity index (χ4n) is 2.78. The molecule has 3 rings (SSSR count). The van der Waals surface area contributed by atoms with Gasteiger partial charge in [0.1, 0.15) is 0 Å². The molecule has 0 bridgehead atoms. The van der Waals surface area contributed by atoms with Crippen LogP contribution in [-0.4, -0.2) is 21.1 Å². The number of benzene rings is 2. The molecule has 2 aromatic carbocycles. The van der Waals surface area contributed by atoms with Crippen molar-refractivity contribution in [3.8, 4) is 0 Å². The molecule has 0 amide bonds. The lowest BCUT2D eigenvalue weighted by molar-refractivity contribution is 0.659. The minimum Gasteiger partial charge on any atom is -0.357 e. The van der Waals surface area contributed by atoms with Crippen molar-refractivity contribution in [2.24, 2.45) is 5.10 Å². The van der Waals surface area contributed by atoms with Gasteiger partial charge in [-0.1, -0.05) is 60.7 Å². The maximum Gasteiger partial charge on any atom is 0.187 e. The van der Waals surface area contributed by atoms with E-state index in [9.17, 15) is 0 Å². The number of thiocarbonyl (C=S) groups is 1. The zero-order chi connectivity index (χ0) is 19.1. The van der Waals surface area contributed by atoms with Gasteiger partial charge in [0.25, 0.3) is 0 Å². The Morgan fingerprint density at radius 3 is 2.33 bits per heavy atom. The van der Waals surface area contributed by atoms with E-state index in [1.54, 1.807) is 6.21 Å². The molecule has 5 nitrogen and oxygen atoms in total. The maximum absolute atomic E-state index is 5.27. The number of aromatic nitrogens is 2. The Bertz CT molecular complexity index is 917. The Hall–Kier alpha value is -2.99. The quantitative estimate of drug-likeness (QED) is 0.392. The van der Waals surface area contributed by atoms with Crippen molar-refractivity contribution in [1.82, 2.24) is 20.5 Å². The number of nitrogens with zero attached hydrogens (tertiary/aromatic N) is 3. The van der Waals surface area contributed by atoms with E-state index in [0.29, 0.717) is 11.7 Å². The number of aryl methyl sites for hydroxylation is 1. The van der Waals surface area contributed by atoms with Gasteiger partial charge in [-0.15, -0.1) is 0 Å². The lowest BCUT2D eigenvalue weighted by Crippen LogP contribution is -2.31. The number of hydrogen-bond acceptors (Lipinski definition) is 3. The molecule has 3 aromatic rings. The molecule has 0 aliphatic heterocycles. The van der Waals surface area contributed by atoms with Gasteiger partial charge in [0.2, 0.25) is 0 Å². The predicted octanol–water partition coefficient (Wildman–Crippen LogP) is 3.55. The molecule has 2 N–H and O–H groups in total. The third-order valence-electron chi connectivity index (χ3n) is 4.27. The minimum atomic E-state index is 0.488. The summed E-state index contributed by atoms with van der Waals surface area (Å²) in [5, 5.41) is 12.5. The molecular weight excluding hydrogens is 354 g/mol. The highest BCUT2D eigenvalue weighted by Gasteiger charge is 2.10. The summed E-state index contributed by atoms with van der Waals surface area (Å²) in [5.41, 5.74) is 8.27. The molecular formula is C21H23N5S. The molecule has 0 unspecified atom stereocenters. The van der Waals surface area contributed by atoms with Gasteiger partial charge in [0, 0.05) is 17.8 Å². The lowest BCUT2D eigenvalue weighted by Gasteiger charge is -2.07. The highest BCUT2D eigenvalue weighted by molar-refractivity contribution is 7.80. The van der Waals surface area contributed by atoms with Crippen LogP contribution < -0.4 is 10.7 Å². The van der Waals surface area contributed by atoms with Crippen LogP contribution in [0.5, 0.6) is 0 Å². The summed E-state index contributed by atoms with van der Waals surface area (Å²) in [6.45, 7) is 5.44. The van der Waals surface area contributed by atoms with Crippen LogP contribution in [0.1, 0.15) is 28.1 Å². The largest absolute Gasteiger partial charge is 0.357 e. The maximum atomic E-state index is 5.27. The Balaban J connectivity index is 1.57. The van der Waals surface area contributed by atoms with Crippen LogP contribution in [0.15, 0.2) is 65.8 Å². The molecule has 27 heavy (non-hydrogen) atoms. The molecule has 0 saturated carbocycles. The Morgan fingerprint density at radius 1 is 1.04 bits per heavy atom. The highest BCUT2D eigenvalue weighted by atomic mass is 32.1. The second-order valence-electron chi connectivity index (χ2n) is 6.27. The lowest BCUT2D eigenvalue weighted by atomic mass is 10.2. The topological polar surface area (TPSA) is 54.2 Å². The van der Waals surface area contributed by atoms with Crippen LogP contribution in [0, 0.1) is 13.8 Å². The van der Waals surface area contributed by atoms with Crippen molar-refractivity contribution in [1.29, 1.82) is 0 Å². The van der Waals surface area contributed by atoms with E-state index < -0.39 is 0 Å². The molecule has 1 heterocycles. The monoisotopic (exact) mass is 377 g/mol. The first-order valence-electron chi connectivity index (χ1n) is 8.82. The Kier molecular flexibility index (Phi) is 6.33. The molecule has 138 valence electrons. The molecule has 0 aliphatic rings. The number of nitrogens with one attached hydrogen (secondary N) is 2. The molecule has 0 saturated heterocycles. The van der Waals surface area contributed by atoms with Gasteiger partial charge in [0.05, 0.1) is 18.5 Å². The normalized spacial score (nSPS) is 10.9. The van der Waals surface area contributed by atoms with Gasteiger partial charge >= 0.3 is 0 Å². The SMILES string of the molecule is Cc1nn(Cc2ccccc2)c(C)c1/C=N\NC(=S)NCc1ccccc1. The average Bonchev–Trinajstić information content (AvgIpc) is 2.95. The zero-order valence-corrected chi connectivity index (χ0v) is 16.3. The molecule has 0 fully saturated rings. The van der Waals surface area contributed by atoms with E-state index >= 15 is 0 Å². The van der Waals surface area contributed by atoms with Gasteiger partial charge in [-0.05, 0) is 37.2 Å². The predicted molar refractivity (Wildman–Crippen MR) is 114 cm³/mol. The first-order chi connectivity index (χ1) is 13.1. The van der Waals surface area contributed by atoms with Crippen LogP contribution in [0.4, 0.5) is 0 Å². The summed E-state index contributed by atoms with van der Waals surface area (Å²) in [4.78, 5) is 0. The summed E-state index contributed by atoms with van der Waals surface area (Å²) in [6.07, 6.45) is 1.77. The third-order valence-corrected chi connectivity index (χ3v) is 4.50. The van der Waals surface area contributed by atoms with Gasteiger partial charge in [0.15, 0.2) is 5.11 Å². The first-order valence-corrected chi connectivity index (χ1v) is 9.23. The summed E-state index contributed by atoms with van der Waals surface area (Å²) in [7, 11) is 0. The van der Waals surface area contributed by atoms with E-state index in [-0.39, 0.29) is 0 Å². The van der Waals surface area contributed by atoms with E-state index in [1.165, 1.54) is 11.1 Å². The van der Waals surface area contributed by atoms with Crippen LogP contribution in [0.2, 0.25) is 0 Å².